The first kappa shape index (κ1) is 7.28. The predicted octanol–water partition coefficient (Wildman–Crippen LogP) is 1.43. The average molecular weight is 141 g/mol. The van der Waals surface area contributed by atoms with E-state index in [4.69, 9.17) is 4.52 Å². The zero-order valence-corrected chi connectivity index (χ0v) is 6.16. The highest BCUT2D eigenvalue weighted by molar-refractivity contribution is 5.05. The van der Waals surface area contributed by atoms with Gasteiger partial charge in [0, 0.05) is 6.07 Å². The minimum atomic E-state index is -0.499. The lowest BCUT2D eigenvalue weighted by molar-refractivity contribution is 0.135. The highest BCUT2D eigenvalue weighted by atomic mass is 16.5. The third-order valence-corrected chi connectivity index (χ3v) is 1.36. The van der Waals surface area contributed by atoms with Crippen LogP contribution in [0.5, 0.6) is 0 Å². The molecule has 1 heterocycles. The van der Waals surface area contributed by atoms with Crippen LogP contribution in [0.25, 0.3) is 0 Å². The van der Waals surface area contributed by atoms with Gasteiger partial charge in [-0.2, -0.15) is 0 Å². The van der Waals surface area contributed by atoms with E-state index >= 15 is 0 Å². The number of aromatic nitrogens is 1. The first-order valence-corrected chi connectivity index (χ1v) is 3.35. The van der Waals surface area contributed by atoms with E-state index in [9.17, 15) is 5.11 Å². The van der Waals surface area contributed by atoms with Crippen molar-refractivity contribution in [3.8, 4) is 0 Å². The molecule has 0 amide bonds. The Labute approximate surface area is 59.7 Å². The van der Waals surface area contributed by atoms with Gasteiger partial charge < -0.3 is 9.63 Å². The minimum Gasteiger partial charge on any atom is -0.385 e. The van der Waals surface area contributed by atoms with E-state index in [1.54, 1.807) is 6.07 Å². The summed E-state index contributed by atoms with van der Waals surface area (Å²) in [7, 11) is 0. The Kier molecular flexibility index (Phi) is 2.06. The Hall–Kier alpha value is -0.830. The lowest BCUT2D eigenvalue weighted by Gasteiger charge is -1.98. The van der Waals surface area contributed by atoms with Crippen molar-refractivity contribution < 1.29 is 9.63 Å². The Balaban J connectivity index is 2.74. The van der Waals surface area contributed by atoms with E-state index in [1.165, 1.54) is 0 Å². The van der Waals surface area contributed by atoms with Crippen molar-refractivity contribution in [1.29, 1.82) is 0 Å². The second-order valence-corrected chi connectivity index (χ2v) is 2.29. The summed E-state index contributed by atoms with van der Waals surface area (Å²) in [4.78, 5) is 0. The van der Waals surface area contributed by atoms with E-state index in [0.717, 1.165) is 5.69 Å². The lowest BCUT2D eigenvalue weighted by Crippen LogP contribution is -1.91. The Morgan fingerprint density at radius 2 is 2.50 bits per heavy atom. The molecule has 0 fully saturated rings. The molecule has 0 saturated carbocycles. The molecule has 1 aromatic heterocycles. The van der Waals surface area contributed by atoms with E-state index in [-0.39, 0.29) is 0 Å². The van der Waals surface area contributed by atoms with Crippen molar-refractivity contribution in [3.05, 3.63) is 17.5 Å². The summed E-state index contributed by atoms with van der Waals surface area (Å²) in [6.07, 6.45) is 0.162. The largest absolute Gasteiger partial charge is 0.385 e. The molecule has 0 saturated heterocycles. The van der Waals surface area contributed by atoms with Crippen LogP contribution in [0, 0.1) is 6.92 Å². The highest BCUT2D eigenvalue weighted by Gasteiger charge is 2.09. The van der Waals surface area contributed by atoms with Gasteiger partial charge in [-0.3, -0.25) is 0 Å². The summed E-state index contributed by atoms with van der Waals surface area (Å²) >= 11 is 0. The van der Waals surface area contributed by atoms with Gasteiger partial charge in [0.15, 0.2) is 5.76 Å². The molecule has 3 heteroatoms. The van der Waals surface area contributed by atoms with Crippen LogP contribution >= 0.6 is 0 Å². The van der Waals surface area contributed by atoms with Gasteiger partial charge in [-0.05, 0) is 13.3 Å². The molecule has 3 nitrogen and oxygen atoms in total. The van der Waals surface area contributed by atoms with Crippen molar-refractivity contribution >= 4 is 0 Å². The van der Waals surface area contributed by atoms with Crippen molar-refractivity contribution in [1.82, 2.24) is 5.16 Å². The van der Waals surface area contributed by atoms with Gasteiger partial charge in [0.1, 0.15) is 6.10 Å². The second-order valence-electron chi connectivity index (χ2n) is 2.29. The molecule has 0 aliphatic heterocycles. The monoisotopic (exact) mass is 141 g/mol. The number of hydrogen-bond acceptors (Lipinski definition) is 3. The standard InChI is InChI=1S/C7H11NO2/c1-3-6(9)7-4-5(2)8-10-7/h4,6,9H,3H2,1-2H3/t6-/m0/s1. The molecular weight excluding hydrogens is 130 g/mol. The van der Waals surface area contributed by atoms with Gasteiger partial charge in [-0.15, -0.1) is 0 Å². The van der Waals surface area contributed by atoms with Crippen molar-refractivity contribution in [2.75, 3.05) is 0 Å². The van der Waals surface area contributed by atoms with Gasteiger partial charge in [-0.1, -0.05) is 12.1 Å². The fourth-order valence-corrected chi connectivity index (χ4v) is 0.741. The second kappa shape index (κ2) is 2.84. The molecule has 10 heavy (non-hydrogen) atoms. The summed E-state index contributed by atoms with van der Waals surface area (Å²) < 4.78 is 4.82. The molecule has 1 rings (SSSR count). The Morgan fingerprint density at radius 1 is 1.80 bits per heavy atom. The third kappa shape index (κ3) is 1.36. The van der Waals surface area contributed by atoms with Gasteiger partial charge in [0.05, 0.1) is 5.69 Å². The van der Waals surface area contributed by atoms with Gasteiger partial charge in [0.2, 0.25) is 0 Å². The average Bonchev–Trinajstić information content (AvgIpc) is 2.34. The highest BCUT2D eigenvalue weighted by Crippen LogP contribution is 2.15. The number of aryl methyl sites for hydroxylation is 1. The first-order chi connectivity index (χ1) is 4.74. The zero-order chi connectivity index (χ0) is 7.56. The van der Waals surface area contributed by atoms with Gasteiger partial charge in [-0.25, -0.2) is 0 Å². The molecular formula is C7H11NO2. The van der Waals surface area contributed by atoms with Crippen molar-refractivity contribution in [3.63, 3.8) is 0 Å². The molecule has 0 spiro atoms. The normalized spacial score (nSPS) is 13.5. The molecule has 0 radical (unpaired) electrons. The first-order valence-electron chi connectivity index (χ1n) is 3.35. The maximum absolute atomic E-state index is 9.21. The summed E-state index contributed by atoms with van der Waals surface area (Å²) in [6.45, 7) is 3.72. The maximum atomic E-state index is 9.21. The minimum absolute atomic E-state index is 0.499. The number of hydrogen-bond donors (Lipinski definition) is 1. The molecule has 0 unspecified atom stereocenters. The van der Waals surface area contributed by atoms with Crippen LogP contribution in [-0.2, 0) is 0 Å². The Bertz CT molecular complexity index is 207. The molecule has 1 aromatic rings. The molecule has 1 atom stereocenters. The smallest absolute Gasteiger partial charge is 0.165 e. The van der Waals surface area contributed by atoms with Crippen LogP contribution in [-0.4, -0.2) is 10.3 Å². The van der Waals surface area contributed by atoms with Crippen molar-refractivity contribution in [2.24, 2.45) is 0 Å². The van der Waals surface area contributed by atoms with Crippen LogP contribution in [0.3, 0.4) is 0 Å². The molecule has 56 valence electrons. The predicted molar refractivity (Wildman–Crippen MR) is 36.5 cm³/mol. The lowest BCUT2D eigenvalue weighted by atomic mass is 10.2. The summed E-state index contributed by atoms with van der Waals surface area (Å²) in [5, 5.41) is 12.9. The molecule has 0 aromatic carbocycles. The molecule has 1 N–H and O–H groups in total. The van der Waals surface area contributed by atoms with E-state index in [1.807, 2.05) is 13.8 Å². The van der Waals surface area contributed by atoms with Gasteiger partial charge >= 0.3 is 0 Å². The van der Waals surface area contributed by atoms with Crippen LogP contribution in [0.4, 0.5) is 0 Å². The summed E-state index contributed by atoms with van der Waals surface area (Å²) in [5.74, 6) is 0.556. The van der Waals surface area contributed by atoms with Crippen LogP contribution < -0.4 is 0 Å². The quantitative estimate of drug-likeness (QED) is 0.677. The third-order valence-electron chi connectivity index (χ3n) is 1.36. The fraction of sp³-hybridized carbons (Fsp3) is 0.571. The number of rotatable bonds is 2. The van der Waals surface area contributed by atoms with Gasteiger partial charge in [0.25, 0.3) is 0 Å². The maximum Gasteiger partial charge on any atom is 0.165 e. The molecule has 0 aliphatic rings. The van der Waals surface area contributed by atoms with E-state index < -0.39 is 6.10 Å². The Morgan fingerprint density at radius 3 is 2.90 bits per heavy atom. The number of aliphatic hydroxyl groups is 1. The topological polar surface area (TPSA) is 46.3 Å². The van der Waals surface area contributed by atoms with E-state index in [2.05, 4.69) is 5.16 Å². The fourth-order valence-electron chi connectivity index (χ4n) is 0.741. The molecule has 0 bridgehead atoms. The molecule has 0 aliphatic carbocycles. The van der Waals surface area contributed by atoms with Crippen LogP contribution in [0.1, 0.15) is 30.9 Å². The van der Waals surface area contributed by atoms with Crippen LogP contribution in [0.15, 0.2) is 10.6 Å². The van der Waals surface area contributed by atoms with Crippen LogP contribution in [0.2, 0.25) is 0 Å². The zero-order valence-electron chi connectivity index (χ0n) is 6.16. The number of aliphatic hydroxyl groups excluding tert-OH is 1. The van der Waals surface area contributed by atoms with Crippen molar-refractivity contribution in [2.45, 2.75) is 26.4 Å². The SMILES string of the molecule is CC[C@H](O)c1cc(C)no1. The number of nitrogens with zero attached hydrogens (tertiary/aromatic N) is 1. The summed E-state index contributed by atoms with van der Waals surface area (Å²) in [5.41, 5.74) is 0.808. The summed E-state index contributed by atoms with van der Waals surface area (Å²) in [6, 6.07) is 1.74. The van der Waals surface area contributed by atoms with E-state index in [0.29, 0.717) is 12.2 Å².